The van der Waals surface area contributed by atoms with Gasteiger partial charge in [0.1, 0.15) is 0 Å². The molecule has 0 heterocycles. The van der Waals surface area contributed by atoms with Crippen LogP contribution in [0.3, 0.4) is 0 Å². The van der Waals surface area contributed by atoms with E-state index in [0.29, 0.717) is 12.3 Å². The maximum atomic E-state index is 11.7. The van der Waals surface area contributed by atoms with E-state index in [4.69, 9.17) is 4.74 Å². The SMILES string of the molecule is CCOC(=O)C(C(C)=NNC(=O)OC)C(C)C. The third-order valence-electron chi connectivity index (χ3n) is 2.17. The smallest absolute Gasteiger partial charge is 0.427 e. The van der Waals surface area contributed by atoms with Crippen LogP contribution in [-0.2, 0) is 14.3 Å². The lowest BCUT2D eigenvalue weighted by atomic mass is 9.92. The highest BCUT2D eigenvalue weighted by Gasteiger charge is 2.26. The molecule has 6 heteroatoms. The largest absolute Gasteiger partial charge is 0.465 e. The zero-order valence-corrected chi connectivity index (χ0v) is 10.9. The van der Waals surface area contributed by atoms with E-state index in [1.807, 2.05) is 13.8 Å². The third kappa shape index (κ3) is 5.33. The third-order valence-corrected chi connectivity index (χ3v) is 2.17. The van der Waals surface area contributed by atoms with Gasteiger partial charge in [0, 0.05) is 5.71 Å². The number of methoxy groups -OCH3 is 1. The van der Waals surface area contributed by atoms with Gasteiger partial charge in [-0.1, -0.05) is 13.8 Å². The molecule has 0 radical (unpaired) electrons. The second kappa shape index (κ2) is 7.65. The number of ether oxygens (including phenoxy) is 2. The topological polar surface area (TPSA) is 77.0 Å². The Hall–Kier alpha value is -1.59. The zero-order valence-electron chi connectivity index (χ0n) is 10.9. The van der Waals surface area contributed by atoms with Gasteiger partial charge in [0.25, 0.3) is 0 Å². The minimum absolute atomic E-state index is 0.0391. The number of hydrazone groups is 1. The van der Waals surface area contributed by atoms with Gasteiger partial charge >= 0.3 is 12.1 Å². The van der Waals surface area contributed by atoms with Crippen LogP contribution in [0.1, 0.15) is 27.7 Å². The molecule has 0 saturated heterocycles. The van der Waals surface area contributed by atoms with Crippen LogP contribution in [0.4, 0.5) is 4.79 Å². The maximum Gasteiger partial charge on any atom is 0.427 e. The highest BCUT2D eigenvalue weighted by Crippen LogP contribution is 2.15. The molecular formula is C11H20N2O4. The lowest BCUT2D eigenvalue weighted by molar-refractivity contribution is -0.146. The van der Waals surface area contributed by atoms with Crippen molar-refractivity contribution in [3.05, 3.63) is 0 Å². The van der Waals surface area contributed by atoms with E-state index >= 15 is 0 Å². The summed E-state index contributed by atoms with van der Waals surface area (Å²) in [5, 5.41) is 3.81. The van der Waals surface area contributed by atoms with Crippen molar-refractivity contribution in [2.45, 2.75) is 27.7 Å². The van der Waals surface area contributed by atoms with E-state index in [-0.39, 0.29) is 11.9 Å². The van der Waals surface area contributed by atoms with Crippen LogP contribution in [-0.4, -0.2) is 31.5 Å². The minimum Gasteiger partial charge on any atom is -0.465 e. The minimum atomic E-state index is -0.671. The molecule has 1 N–H and O–H groups in total. The number of nitrogens with zero attached hydrogens (tertiary/aromatic N) is 1. The Bertz CT molecular complexity index is 300. The molecule has 1 amide bonds. The number of carbonyl (C=O) groups excluding carboxylic acids is 2. The fraction of sp³-hybridized carbons (Fsp3) is 0.727. The average Bonchev–Trinajstić information content (AvgIpc) is 2.25. The van der Waals surface area contributed by atoms with Crippen LogP contribution in [0.5, 0.6) is 0 Å². The lowest BCUT2D eigenvalue weighted by Crippen LogP contribution is -2.31. The number of amides is 1. The Kier molecular flexibility index (Phi) is 6.93. The van der Waals surface area contributed by atoms with E-state index in [2.05, 4.69) is 15.3 Å². The summed E-state index contributed by atoms with van der Waals surface area (Å²) < 4.78 is 9.33. The number of hydrogen-bond donors (Lipinski definition) is 1. The van der Waals surface area contributed by atoms with Gasteiger partial charge in [-0.05, 0) is 19.8 Å². The first kappa shape index (κ1) is 15.4. The van der Waals surface area contributed by atoms with E-state index < -0.39 is 12.0 Å². The number of rotatable bonds is 5. The number of carbonyl (C=O) groups is 2. The van der Waals surface area contributed by atoms with Crippen LogP contribution in [0.2, 0.25) is 0 Å². The van der Waals surface area contributed by atoms with Crippen molar-refractivity contribution in [3.63, 3.8) is 0 Å². The van der Waals surface area contributed by atoms with Gasteiger partial charge in [-0.3, -0.25) is 4.79 Å². The Morgan fingerprint density at radius 1 is 1.35 bits per heavy atom. The molecule has 98 valence electrons. The highest BCUT2D eigenvalue weighted by molar-refractivity contribution is 6.01. The van der Waals surface area contributed by atoms with Crippen molar-refractivity contribution in [2.75, 3.05) is 13.7 Å². The summed E-state index contributed by atoms with van der Waals surface area (Å²) in [5.74, 6) is -0.764. The van der Waals surface area contributed by atoms with Gasteiger partial charge in [0.2, 0.25) is 0 Å². The molecule has 0 aromatic carbocycles. The van der Waals surface area contributed by atoms with Crippen molar-refractivity contribution in [2.24, 2.45) is 16.9 Å². The van der Waals surface area contributed by atoms with E-state index in [0.717, 1.165) is 0 Å². The molecule has 0 aromatic heterocycles. The van der Waals surface area contributed by atoms with E-state index in [1.54, 1.807) is 13.8 Å². The average molecular weight is 244 g/mol. The molecule has 6 nitrogen and oxygen atoms in total. The summed E-state index contributed by atoms with van der Waals surface area (Å²) in [6.07, 6.45) is -0.671. The predicted octanol–water partition coefficient (Wildman–Crippen LogP) is 1.55. The molecule has 1 unspecified atom stereocenters. The molecule has 0 fully saturated rings. The maximum absolute atomic E-state index is 11.7. The Morgan fingerprint density at radius 2 is 1.94 bits per heavy atom. The fourth-order valence-electron chi connectivity index (χ4n) is 1.41. The highest BCUT2D eigenvalue weighted by atomic mass is 16.5. The van der Waals surface area contributed by atoms with Gasteiger partial charge < -0.3 is 9.47 Å². The molecule has 0 aromatic rings. The molecule has 0 aliphatic heterocycles. The van der Waals surface area contributed by atoms with Gasteiger partial charge in [-0.25, -0.2) is 10.2 Å². The molecule has 0 spiro atoms. The van der Waals surface area contributed by atoms with Crippen molar-refractivity contribution < 1.29 is 19.1 Å². The summed E-state index contributed by atoms with van der Waals surface area (Å²) in [7, 11) is 1.24. The zero-order chi connectivity index (χ0) is 13.4. The first-order valence-corrected chi connectivity index (χ1v) is 5.48. The quantitative estimate of drug-likeness (QED) is 0.452. The first-order valence-electron chi connectivity index (χ1n) is 5.48. The predicted molar refractivity (Wildman–Crippen MR) is 63.6 cm³/mol. The number of hydrogen-bond acceptors (Lipinski definition) is 5. The van der Waals surface area contributed by atoms with Crippen LogP contribution in [0.25, 0.3) is 0 Å². The molecule has 0 bridgehead atoms. The summed E-state index contributed by atoms with van der Waals surface area (Å²) >= 11 is 0. The van der Waals surface area contributed by atoms with Crippen LogP contribution in [0, 0.1) is 11.8 Å². The Morgan fingerprint density at radius 3 is 2.35 bits per heavy atom. The molecule has 0 aliphatic rings. The number of esters is 1. The second-order valence-corrected chi connectivity index (χ2v) is 3.83. The van der Waals surface area contributed by atoms with Crippen molar-refractivity contribution >= 4 is 17.8 Å². The molecule has 1 atom stereocenters. The monoisotopic (exact) mass is 244 g/mol. The Balaban J connectivity index is 4.70. The normalized spacial score (nSPS) is 13.2. The van der Waals surface area contributed by atoms with Crippen molar-refractivity contribution in [1.82, 2.24) is 5.43 Å². The van der Waals surface area contributed by atoms with Crippen molar-refractivity contribution in [3.8, 4) is 0 Å². The van der Waals surface area contributed by atoms with Gasteiger partial charge in [0.15, 0.2) is 0 Å². The summed E-state index contributed by atoms with van der Waals surface area (Å²) in [5.41, 5.74) is 2.67. The molecule has 0 aliphatic carbocycles. The van der Waals surface area contributed by atoms with E-state index in [1.165, 1.54) is 7.11 Å². The fourth-order valence-corrected chi connectivity index (χ4v) is 1.41. The molecule has 0 rings (SSSR count). The lowest BCUT2D eigenvalue weighted by Gasteiger charge is -2.18. The van der Waals surface area contributed by atoms with E-state index in [9.17, 15) is 9.59 Å². The summed E-state index contributed by atoms with van der Waals surface area (Å²) in [4.78, 5) is 22.5. The van der Waals surface area contributed by atoms with Gasteiger partial charge in [-0.15, -0.1) is 0 Å². The Labute approximate surface area is 101 Å². The molecule has 0 saturated carbocycles. The van der Waals surface area contributed by atoms with Gasteiger partial charge in [0.05, 0.1) is 19.6 Å². The van der Waals surface area contributed by atoms with Crippen LogP contribution in [0.15, 0.2) is 5.10 Å². The molecular weight excluding hydrogens is 224 g/mol. The number of nitrogens with one attached hydrogen (secondary N) is 1. The summed E-state index contributed by atoms with van der Waals surface area (Å²) in [6.45, 7) is 7.50. The van der Waals surface area contributed by atoms with Crippen molar-refractivity contribution in [1.29, 1.82) is 0 Å². The summed E-state index contributed by atoms with van der Waals surface area (Å²) in [6, 6.07) is 0. The van der Waals surface area contributed by atoms with Crippen LogP contribution >= 0.6 is 0 Å². The second-order valence-electron chi connectivity index (χ2n) is 3.83. The molecule has 17 heavy (non-hydrogen) atoms. The first-order chi connectivity index (χ1) is 7.93. The van der Waals surface area contributed by atoms with Crippen LogP contribution < -0.4 is 5.43 Å². The van der Waals surface area contributed by atoms with Gasteiger partial charge in [-0.2, -0.15) is 5.10 Å². The standard InChI is InChI=1S/C11H20N2O4/c1-6-17-10(14)9(7(2)3)8(4)12-13-11(15)16-5/h7,9H,6H2,1-5H3,(H,13,15).